The molecular weight excluding hydrogens is 500 g/mol. The van der Waals surface area contributed by atoms with Gasteiger partial charge in [-0.2, -0.15) is 0 Å². The highest BCUT2D eigenvalue weighted by molar-refractivity contribution is 5.93. The molecule has 2 heterocycles. The summed E-state index contributed by atoms with van der Waals surface area (Å²) in [5.74, 6) is -2.51. The molecule has 0 aliphatic rings. The molecule has 0 fully saturated rings. The van der Waals surface area contributed by atoms with E-state index in [4.69, 9.17) is 9.47 Å². The van der Waals surface area contributed by atoms with Crippen molar-refractivity contribution in [3.63, 3.8) is 0 Å². The molecule has 0 N–H and O–H groups in total. The average Bonchev–Trinajstić information content (AvgIpc) is 2.97. The summed E-state index contributed by atoms with van der Waals surface area (Å²) in [5, 5.41) is 0. The molecule has 12 heteroatoms. The fourth-order valence-electron chi connectivity index (χ4n) is 3.16. The number of methoxy groups -OCH3 is 4. The van der Waals surface area contributed by atoms with E-state index in [0.29, 0.717) is 0 Å². The minimum Gasteiger partial charge on any atom is -0.489 e. The van der Waals surface area contributed by atoms with Crippen molar-refractivity contribution in [1.29, 1.82) is 0 Å². The zero-order chi connectivity index (χ0) is 27.7. The Morgan fingerprint density at radius 1 is 0.553 bits per heavy atom. The van der Waals surface area contributed by atoms with E-state index in [1.54, 1.807) is 6.07 Å². The van der Waals surface area contributed by atoms with Gasteiger partial charge in [0.25, 0.3) is 0 Å². The third-order valence-corrected chi connectivity index (χ3v) is 4.98. The van der Waals surface area contributed by atoms with Crippen LogP contribution >= 0.6 is 0 Å². The molecule has 0 aliphatic carbocycles. The van der Waals surface area contributed by atoms with Crippen molar-refractivity contribution in [3.8, 4) is 11.5 Å². The second-order valence-corrected chi connectivity index (χ2v) is 7.51. The lowest BCUT2D eigenvalue weighted by Crippen LogP contribution is -2.12. The Balaban J connectivity index is 1.74. The number of nitrogens with zero attached hydrogens (tertiary/aromatic N) is 2. The summed E-state index contributed by atoms with van der Waals surface area (Å²) >= 11 is 0. The molecule has 0 spiro atoms. The first-order valence-corrected chi connectivity index (χ1v) is 11.0. The van der Waals surface area contributed by atoms with Crippen molar-refractivity contribution in [2.45, 2.75) is 13.2 Å². The van der Waals surface area contributed by atoms with Crippen LogP contribution in [-0.4, -0.2) is 62.3 Å². The molecule has 0 radical (unpaired) electrons. The maximum absolute atomic E-state index is 11.9. The van der Waals surface area contributed by atoms with E-state index in [1.807, 2.05) is 18.2 Å². The van der Waals surface area contributed by atoms with Gasteiger partial charge < -0.3 is 28.4 Å². The lowest BCUT2D eigenvalue weighted by molar-refractivity contribution is 0.0567. The molecule has 0 atom stereocenters. The molecule has 38 heavy (non-hydrogen) atoms. The maximum atomic E-state index is 11.9. The number of ether oxygens (including phenoxy) is 6. The summed E-state index contributed by atoms with van der Waals surface area (Å²) in [7, 11) is 4.78. The van der Waals surface area contributed by atoms with Crippen LogP contribution in [0.2, 0.25) is 0 Å². The van der Waals surface area contributed by atoms with Crippen molar-refractivity contribution in [3.05, 3.63) is 82.4 Å². The molecule has 198 valence electrons. The predicted octanol–water partition coefficient (Wildman–Crippen LogP) is 2.78. The number of carbonyl (C=O) groups excluding carboxylic acids is 4. The molecule has 3 aromatic rings. The Bertz CT molecular complexity index is 1190. The van der Waals surface area contributed by atoms with Crippen LogP contribution in [0, 0.1) is 0 Å². The molecule has 0 unspecified atom stereocenters. The SMILES string of the molecule is COC(=O)c1cc(OCc2cccc(COc3cc(C(=O)OC)nc(C(=O)OC)c3)c2)cc(C(=O)OC)n1. The van der Waals surface area contributed by atoms with Crippen LogP contribution < -0.4 is 9.47 Å². The highest BCUT2D eigenvalue weighted by Gasteiger charge is 2.18. The normalized spacial score (nSPS) is 10.2. The van der Waals surface area contributed by atoms with E-state index >= 15 is 0 Å². The van der Waals surface area contributed by atoms with Gasteiger partial charge in [0.2, 0.25) is 0 Å². The van der Waals surface area contributed by atoms with Crippen LogP contribution in [0.25, 0.3) is 0 Å². The number of aromatic nitrogens is 2. The summed E-state index contributed by atoms with van der Waals surface area (Å²) in [5.41, 5.74) is 1.07. The zero-order valence-electron chi connectivity index (χ0n) is 21.0. The molecule has 2 aromatic heterocycles. The van der Waals surface area contributed by atoms with E-state index in [0.717, 1.165) is 11.1 Å². The monoisotopic (exact) mass is 524 g/mol. The number of hydrogen-bond donors (Lipinski definition) is 0. The fourth-order valence-corrected chi connectivity index (χ4v) is 3.16. The maximum Gasteiger partial charge on any atom is 0.356 e. The van der Waals surface area contributed by atoms with Gasteiger partial charge in [-0.15, -0.1) is 0 Å². The number of pyridine rings is 2. The summed E-state index contributed by atoms with van der Waals surface area (Å²) in [6.45, 7) is 0.181. The van der Waals surface area contributed by atoms with E-state index in [2.05, 4.69) is 28.9 Å². The fraction of sp³-hybridized carbons (Fsp3) is 0.231. The van der Waals surface area contributed by atoms with Crippen molar-refractivity contribution in [2.24, 2.45) is 0 Å². The summed E-state index contributed by atoms with van der Waals surface area (Å²) in [6.07, 6.45) is 0. The Labute approximate surface area is 217 Å². The molecule has 0 aliphatic heterocycles. The van der Waals surface area contributed by atoms with E-state index in [-0.39, 0.29) is 47.5 Å². The van der Waals surface area contributed by atoms with Gasteiger partial charge in [-0.05, 0) is 17.2 Å². The van der Waals surface area contributed by atoms with Crippen molar-refractivity contribution < 1.29 is 47.6 Å². The Morgan fingerprint density at radius 3 is 1.16 bits per heavy atom. The van der Waals surface area contributed by atoms with Crippen LogP contribution in [0.4, 0.5) is 0 Å². The van der Waals surface area contributed by atoms with Crippen LogP contribution in [0.1, 0.15) is 53.1 Å². The van der Waals surface area contributed by atoms with Gasteiger partial charge >= 0.3 is 23.9 Å². The molecular formula is C26H24N2O10. The smallest absolute Gasteiger partial charge is 0.356 e. The summed E-state index contributed by atoms with van der Waals surface area (Å²) in [4.78, 5) is 55.6. The molecule has 3 rings (SSSR count). The second kappa shape index (κ2) is 12.8. The van der Waals surface area contributed by atoms with Crippen LogP contribution in [0.5, 0.6) is 11.5 Å². The molecule has 0 saturated heterocycles. The molecule has 1 aromatic carbocycles. The van der Waals surface area contributed by atoms with Gasteiger partial charge in [0, 0.05) is 24.3 Å². The predicted molar refractivity (Wildman–Crippen MR) is 129 cm³/mol. The van der Waals surface area contributed by atoms with Crippen molar-refractivity contribution in [2.75, 3.05) is 28.4 Å². The molecule has 12 nitrogen and oxygen atoms in total. The van der Waals surface area contributed by atoms with Crippen LogP contribution in [0.15, 0.2) is 48.5 Å². The number of rotatable bonds is 10. The van der Waals surface area contributed by atoms with Crippen molar-refractivity contribution >= 4 is 23.9 Å². The second-order valence-electron chi connectivity index (χ2n) is 7.51. The first kappa shape index (κ1) is 27.6. The highest BCUT2D eigenvalue weighted by atomic mass is 16.5. The largest absolute Gasteiger partial charge is 0.489 e. The Hall–Kier alpha value is -5.00. The third kappa shape index (κ3) is 7.03. The number of esters is 4. The Kier molecular flexibility index (Phi) is 9.30. The van der Waals surface area contributed by atoms with Gasteiger partial charge in [0.15, 0.2) is 22.8 Å². The lowest BCUT2D eigenvalue weighted by atomic mass is 10.1. The van der Waals surface area contributed by atoms with Gasteiger partial charge in [0.05, 0.1) is 28.4 Å². The van der Waals surface area contributed by atoms with Crippen molar-refractivity contribution in [1.82, 2.24) is 9.97 Å². The minimum absolute atomic E-state index is 0.0906. The van der Waals surface area contributed by atoms with E-state index in [1.165, 1.54) is 52.7 Å². The molecule has 0 bridgehead atoms. The molecule has 0 saturated carbocycles. The minimum atomic E-state index is -0.735. The van der Waals surface area contributed by atoms with Crippen LogP contribution in [-0.2, 0) is 32.2 Å². The standard InChI is InChI=1S/C26H24N2O10/c1-33-23(29)19-9-17(10-20(27-19)24(30)34-2)37-13-15-6-5-7-16(8-15)14-38-18-11-21(25(31)35-3)28-22(12-18)26(32)36-4/h5-12H,13-14H2,1-4H3. The topological polar surface area (TPSA) is 149 Å². The summed E-state index contributed by atoms with van der Waals surface area (Å²) in [6, 6.07) is 12.6. The van der Waals surface area contributed by atoms with Crippen LogP contribution in [0.3, 0.4) is 0 Å². The van der Waals surface area contributed by atoms with E-state index < -0.39 is 23.9 Å². The highest BCUT2D eigenvalue weighted by Crippen LogP contribution is 2.20. The summed E-state index contributed by atoms with van der Waals surface area (Å²) < 4.78 is 30.3. The van der Waals surface area contributed by atoms with Gasteiger partial charge in [-0.3, -0.25) is 0 Å². The zero-order valence-corrected chi connectivity index (χ0v) is 21.0. The first-order chi connectivity index (χ1) is 18.3. The third-order valence-electron chi connectivity index (χ3n) is 4.98. The van der Waals surface area contributed by atoms with Gasteiger partial charge in [-0.1, -0.05) is 18.2 Å². The van der Waals surface area contributed by atoms with Gasteiger partial charge in [-0.25, -0.2) is 29.1 Å². The average molecular weight is 524 g/mol. The number of hydrogen-bond acceptors (Lipinski definition) is 12. The number of carbonyl (C=O) groups is 4. The Morgan fingerprint density at radius 2 is 0.868 bits per heavy atom. The number of benzene rings is 1. The van der Waals surface area contributed by atoms with Gasteiger partial charge in [0.1, 0.15) is 24.7 Å². The first-order valence-electron chi connectivity index (χ1n) is 11.0. The van der Waals surface area contributed by atoms with E-state index in [9.17, 15) is 19.2 Å². The quantitative estimate of drug-likeness (QED) is 0.283. The molecule has 0 amide bonds. The lowest BCUT2D eigenvalue weighted by Gasteiger charge is -2.12.